The third kappa shape index (κ3) is 2.98. The molecule has 2 aromatic carbocycles. The van der Waals surface area contributed by atoms with Gasteiger partial charge in [-0.05, 0) is 43.5 Å². The number of nitrogens with one attached hydrogen (secondary N) is 1. The highest BCUT2D eigenvalue weighted by Gasteiger charge is 1.96. The summed E-state index contributed by atoms with van der Waals surface area (Å²) >= 11 is 0. The van der Waals surface area contributed by atoms with Gasteiger partial charge in [0.05, 0.1) is 11.9 Å². The number of aryl methyl sites for hydroxylation is 3. The average Bonchev–Trinajstić information content (AvgIpc) is 2.34. The summed E-state index contributed by atoms with van der Waals surface area (Å²) in [6, 6.07) is 14.5. The van der Waals surface area contributed by atoms with Crippen molar-refractivity contribution in [1.82, 2.24) is 0 Å². The normalized spacial score (nSPS) is 10.8. The van der Waals surface area contributed by atoms with E-state index in [9.17, 15) is 0 Å². The molecule has 0 spiro atoms. The molecule has 1 N–H and O–H groups in total. The van der Waals surface area contributed by atoms with Crippen molar-refractivity contribution in [1.29, 1.82) is 0 Å². The SMILES string of the molecule is Cc1ccc(/C=N\Nc2ccccc2C)c(C)c1. The van der Waals surface area contributed by atoms with Crippen LogP contribution in [0.5, 0.6) is 0 Å². The summed E-state index contributed by atoms with van der Waals surface area (Å²) in [5.74, 6) is 0. The number of hydrogen-bond donors (Lipinski definition) is 1. The molecule has 92 valence electrons. The monoisotopic (exact) mass is 238 g/mol. The maximum atomic E-state index is 4.29. The summed E-state index contributed by atoms with van der Waals surface area (Å²) in [6.07, 6.45) is 1.86. The van der Waals surface area contributed by atoms with E-state index in [0.717, 1.165) is 11.3 Å². The highest BCUT2D eigenvalue weighted by molar-refractivity contribution is 5.82. The molecule has 2 rings (SSSR count). The van der Waals surface area contributed by atoms with Crippen LogP contribution in [-0.2, 0) is 0 Å². The Hall–Kier alpha value is -2.09. The minimum absolute atomic E-state index is 1.04. The topological polar surface area (TPSA) is 24.4 Å². The van der Waals surface area contributed by atoms with Gasteiger partial charge in [0.15, 0.2) is 0 Å². The van der Waals surface area contributed by atoms with E-state index in [-0.39, 0.29) is 0 Å². The lowest BCUT2D eigenvalue weighted by atomic mass is 10.1. The Kier molecular flexibility index (Phi) is 3.78. The highest BCUT2D eigenvalue weighted by Crippen LogP contribution is 2.13. The van der Waals surface area contributed by atoms with Crippen LogP contribution in [0.15, 0.2) is 47.6 Å². The first-order valence-corrected chi connectivity index (χ1v) is 6.09. The Morgan fingerprint density at radius 3 is 2.44 bits per heavy atom. The lowest BCUT2D eigenvalue weighted by molar-refractivity contribution is 1.30. The standard InChI is InChI=1S/C16H18N2/c1-12-8-9-15(14(3)10-12)11-17-18-16-7-5-4-6-13(16)2/h4-11,18H,1-3H3/b17-11-. The second-order valence-corrected chi connectivity index (χ2v) is 4.54. The van der Waals surface area contributed by atoms with Crippen LogP contribution in [0.4, 0.5) is 5.69 Å². The van der Waals surface area contributed by atoms with Gasteiger partial charge < -0.3 is 0 Å². The summed E-state index contributed by atoms with van der Waals surface area (Å²) in [4.78, 5) is 0. The summed E-state index contributed by atoms with van der Waals surface area (Å²) in [5.41, 5.74) is 8.96. The molecule has 0 heterocycles. The second kappa shape index (κ2) is 5.50. The Morgan fingerprint density at radius 1 is 0.944 bits per heavy atom. The first kappa shape index (κ1) is 12.4. The van der Waals surface area contributed by atoms with Gasteiger partial charge in [0.2, 0.25) is 0 Å². The Bertz CT molecular complexity index is 571. The van der Waals surface area contributed by atoms with Gasteiger partial charge in [-0.25, -0.2) is 0 Å². The van der Waals surface area contributed by atoms with Crippen molar-refractivity contribution in [3.8, 4) is 0 Å². The van der Waals surface area contributed by atoms with E-state index < -0.39 is 0 Å². The highest BCUT2D eigenvalue weighted by atomic mass is 15.3. The lowest BCUT2D eigenvalue weighted by Crippen LogP contribution is -1.94. The molecule has 0 radical (unpaired) electrons. The number of anilines is 1. The molecule has 0 aliphatic rings. The van der Waals surface area contributed by atoms with Crippen molar-refractivity contribution in [3.63, 3.8) is 0 Å². The predicted molar refractivity (Wildman–Crippen MR) is 78.3 cm³/mol. The van der Waals surface area contributed by atoms with Gasteiger partial charge >= 0.3 is 0 Å². The Morgan fingerprint density at radius 2 is 1.72 bits per heavy atom. The largest absolute Gasteiger partial charge is 0.278 e. The average molecular weight is 238 g/mol. The summed E-state index contributed by atoms with van der Waals surface area (Å²) in [6.45, 7) is 6.26. The zero-order valence-corrected chi connectivity index (χ0v) is 11.1. The molecule has 0 aliphatic heterocycles. The number of hydrazone groups is 1. The van der Waals surface area contributed by atoms with Crippen LogP contribution in [-0.4, -0.2) is 6.21 Å². The van der Waals surface area contributed by atoms with Gasteiger partial charge in [-0.15, -0.1) is 0 Å². The van der Waals surface area contributed by atoms with Gasteiger partial charge in [-0.2, -0.15) is 5.10 Å². The van der Waals surface area contributed by atoms with Gasteiger partial charge in [0.1, 0.15) is 0 Å². The van der Waals surface area contributed by atoms with Gasteiger partial charge in [-0.1, -0.05) is 42.0 Å². The van der Waals surface area contributed by atoms with Crippen LogP contribution in [0.3, 0.4) is 0 Å². The molecule has 0 aromatic heterocycles. The van der Waals surface area contributed by atoms with E-state index in [2.05, 4.69) is 55.6 Å². The first-order valence-electron chi connectivity index (χ1n) is 6.09. The number of hydrogen-bond acceptors (Lipinski definition) is 2. The quantitative estimate of drug-likeness (QED) is 0.633. The molecule has 0 amide bonds. The molecule has 2 heteroatoms. The molecule has 0 aliphatic carbocycles. The number of rotatable bonds is 3. The fraction of sp³-hybridized carbons (Fsp3) is 0.188. The van der Waals surface area contributed by atoms with Crippen LogP contribution in [0.1, 0.15) is 22.3 Å². The maximum Gasteiger partial charge on any atom is 0.0590 e. The van der Waals surface area contributed by atoms with Crippen molar-refractivity contribution in [2.75, 3.05) is 5.43 Å². The molecule has 2 aromatic rings. The third-order valence-electron chi connectivity index (χ3n) is 2.96. The van der Waals surface area contributed by atoms with Gasteiger partial charge in [0, 0.05) is 0 Å². The smallest absolute Gasteiger partial charge is 0.0590 e. The molecule has 0 unspecified atom stereocenters. The zero-order chi connectivity index (χ0) is 13.0. The van der Waals surface area contributed by atoms with Crippen molar-refractivity contribution < 1.29 is 0 Å². The Labute approximate surface area is 108 Å². The van der Waals surface area contributed by atoms with E-state index >= 15 is 0 Å². The van der Waals surface area contributed by atoms with Crippen LogP contribution in [0, 0.1) is 20.8 Å². The molecule has 0 saturated carbocycles. The predicted octanol–water partition coefficient (Wildman–Crippen LogP) is 4.06. The van der Waals surface area contributed by atoms with Crippen LogP contribution >= 0.6 is 0 Å². The molecule has 0 bridgehead atoms. The third-order valence-corrected chi connectivity index (χ3v) is 2.96. The molecular formula is C16H18N2. The molecule has 2 nitrogen and oxygen atoms in total. The van der Waals surface area contributed by atoms with Crippen molar-refractivity contribution in [2.24, 2.45) is 5.10 Å². The summed E-state index contributed by atoms with van der Waals surface area (Å²) in [7, 11) is 0. The van der Waals surface area contributed by atoms with Crippen molar-refractivity contribution in [3.05, 3.63) is 64.7 Å². The fourth-order valence-electron chi connectivity index (χ4n) is 1.84. The molecular weight excluding hydrogens is 220 g/mol. The fourth-order valence-corrected chi connectivity index (χ4v) is 1.84. The zero-order valence-electron chi connectivity index (χ0n) is 11.1. The van der Waals surface area contributed by atoms with Crippen LogP contribution < -0.4 is 5.43 Å². The minimum Gasteiger partial charge on any atom is -0.278 e. The van der Waals surface area contributed by atoms with E-state index in [0.29, 0.717) is 0 Å². The van der Waals surface area contributed by atoms with E-state index in [1.807, 2.05) is 24.4 Å². The van der Waals surface area contributed by atoms with E-state index in [1.54, 1.807) is 0 Å². The molecule has 18 heavy (non-hydrogen) atoms. The number of nitrogens with zero attached hydrogens (tertiary/aromatic N) is 1. The van der Waals surface area contributed by atoms with Gasteiger partial charge in [0.25, 0.3) is 0 Å². The van der Waals surface area contributed by atoms with Crippen LogP contribution in [0.2, 0.25) is 0 Å². The number of benzene rings is 2. The molecule has 0 fully saturated rings. The maximum absolute atomic E-state index is 4.29. The summed E-state index contributed by atoms with van der Waals surface area (Å²) in [5, 5.41) is 4.29. The molecule has 0 atom stereocenters. The van der Waals surface area contributed by atoms with Gasteiger partial charge in [-0.3, -0.25) is 5.43 Å². The van der Waals surface area contributed by atoms with Crippen molar-refractivity contribution >= 4 is 11.9 Å². The number of para-hydroxylation sites is 1. The van der Waals surface area contributed by atoms with E-state index in [1.165, 1.54) is 16.7 Å². The van der Waals surface area contributed by atoms with Crippen molar-refractivity contribution in [2.45, 2.75) is 20.8 Å². The Balaban J connectivity index is 2.10. The minimum atomic E-state index is 1.04. The first-order chi connectivity index (χ1) is 8.66. The van der Waals surface area contributed by atoms with Crippen LogP contribution in [0.25, 0.3) is 0 Å². The second-order valence-electron chi connectivity index (χ2n) is 4.54. The molecule has 0 saturated heterocycles. The summed E-state index contributed by atoms with van der Waals surface area (Å²) < 4.78 is 0. The lowest BCUT2D eigenvalue weighted by Gasteiger charge is -2.04. The van der Waals surface area contributed by atoms with E-state index in [4.69, 9.17) is 0 Å².